The molecule has 0 saturated heterocycles. The monoisotopic (exact) mass is 454 g/mol. The number of halogens is 1. The fourth-order valence-corrected chi connectivity index (χ4v) is 2.99. The quantitative estimate of drug-likeness (QED) is 0.414. The van der Waals surface area contributed by atoms with Crippen molar-refractivity contribution in [2.45, 2.75) is 52.2 Å². The zero-order valence-electron chi connectivity index (χ0n) is 14.9. The second kappa shape index (κ2) is 9.74. The highest BCUT2D eigenvalue weighted by atomic mass is 127. The van der Waals surface area contributed by atoms with Gasteiger partial charge in [-0.25, -0.2) is 4.99 Å². The Labute approximate surface area is 166 Å². The fraction of sp³-hybridized carbons (Fsp3) is 0.500. The van der Waals surface area contributed by atoms with Gasteiger partial charge in [-0.15, -0.1) is 34.2 Å². The number of guanidine groups is 1. The van der Waals surface area contributed by atoms with Gasteiger partial charge in [-0.3, -0.25) is 0 Å². The highest BCUT2D eigenvalue weighted by Crippen LogP contribution is 2.15. The third-order valence-electron chi connectivity index (χ3n) is 4.31. The summed E-state index contributed by atoms with van der Waals surface area (Å²) in [6.45, 7) is 6.59. The Morgan fingerprint density at radius 1 is 1.24 bits per heavy atom. The number of aromatic nitrogens is 3. The Kier molecular flexibility index (Phi) is 7.67. The topological polar surface area (TPSA) is 67.1 Å². The number of aliphatic imine (C=N–C) groups is 1. The van der Waals surface area contributed by atoms with E-state index in [0.717, 1.165) is 37.1 Å². The molecule has 0 fully saturated rings. The molecule has 0 radical (unpaired) electrons. The van der Waals surface area contributed by atoms with E-state index in [-0.39, 0.29) is 30.0 Å². The van der Waals surface area contributed by atoms with Crippen LogP contribution in [0, 0.1) is 0 Å². The molecule has 1 aromatic heterocycles. The van der Waals surface area contributed by atoms with Crippen molar-refractivity contribution in [3.05, 3.63) is 47.5 Å². The van der Waals surface area contributed by atoms with E-state index in [9.17, 15) is 0 Å². The Balaban J connectivity index is 0.00000225. The fourth-order valence-electron chi connectivity index (χ4n) is 2.99. The molecule has 2 aromatic rings. The van der Waals surface area contributed by atoms with Crippen LogP contribution < -0.4 is 10.6 Å². The average molecular weight is 454 g/mol. The maximum absolute atomic E-state index is 4.70. The van der Waals surface area contributed by atoms with Gasteiger partial charge in [-0.2, -0.15) is 0 Å². The standard InChI is InChI=1S/C18H26N6.HI/c1-3-19-18(21-14(2)15-9-5-4-6-10-15)20-13-17-23-22-16-11-7-8-12-24(16)17;/h4-6,9-10,14H,3,7-8,11-13H2,1-2H3,(H2,19,20,21);1H. The van der Waals surface area contributed by atoms with Crippen LogP contribution in [0.15, 0.2) is 35.3 Å². The van der Waals surface area contributed by atoms with Gasteiger partial charge in [-0.05, 0) is 32.3 Å². The van der Waals surface area contributed by atoms with Crippen molar-refractivity contribution in [1.29, 1.82) is 0 Å². The number of nitrogens with one attached hydrogen (secondary N) is 2. The van der Waals surface area contributed by atoms with Crippen LogP contribution in [0.5, 0.6) is 0 Å². The van der Waals surface area contributed by atoms with E-state index < -0.39 is 0 Å². The van der Waals surface area contributed by atoms with Gasteiger partial charge in [0.25, 0.3) is 0 Å². The number of hydrogen-bond acceptors (Lipinski definition) is 3. The molecule has 2 heterocycles. The molecule has 7 heteroatoms. The first-order valence-corrected chi connectivity index (χ1v) is 8.78. The van der Waals surface area contributed by atoms with Crippen molar-refractivity contribution in [2.24, 2.45) is 4.99 Å². The lowest BCUT2D eigenvalue weighted by molar-refractivity contribution is 0.508. The Bertz CT molecular complexity index is 682. The highest BCUT2D eigenvalue weighted by Gasteiger charge is 2.15. The minimum atomic E-state index is 0. The average Bonchev–Trinajstić information content (AvgIpc) is 3.04. The number of fused-ring (bicyclic) bond motifs is 1. The van der Waals surface area contributed by atoms with E-state index in [1.165, 1.54) is 18.4 Å². The molecular weight excluding hydrogens is 427 g/mol. The molecule has 0 spiro atoms. The molecule has 0 aliphatic carbocycles. The third-order valence-corrected chi connectivity index (χ3v) is 4.31. The van der Waals surface area contributed by atoms with Crippen LogP contribution in [0.25, 0.3) is 0 Å². The van der Waals surface area contributed by atoms with E-state index in [1.807, 2.05) is 6.07 Å². The minimum Gasteiger partial charge on any atom is -0.357 e. The van der Waals surface area contributed by atoms with E-state index in [1.54, 1.807) is 0 Å². The normalized spacial score (nSPS) is 15.0. The molecule has 1 aliphatic rings. The lowest BCUT2D eigenvalue weighted by Gasteiger charge is -2.18. The Hall–Kier alpha value is -1.64. The molecule has 1 aliphatic heterocycles. The van der Waals surface area contributed by atoms with Crippen molar-refractivity contribution in [2.75, 3.05) is 6.54 Å². The maximum Gasteiger partial charge on any atom is 0.192 e. The molecule has 6 nitrogen and oxygen atoms in total. The van der Waals surface area contributed by atoms with E-state index in [4.69, 9.17) is 4.99 Å². The van der Waals surface area contributed by atoms with Crippen LogP contribution in [0.4, 0.5) is 0 Å². The summed E-state index contributed by atoms with van der Waals surface area (Å²) < 4.78 is 2.22. The number of rotatable bonds is 5. The van der Waals surface area contributed by atoms with Crippen molar-refractivity contribution >= 4 is 29.9 Å². The molecular formula is C18H27IN6. The summed E-state index contributed by atoms with van der Waals surface area (Å²) in [6.07, 6.45) is 3.44. The third kappa shape index (κ3) is 5.17. The zero-order valence-corrected chi connectivity index (χ0v) is 17.2. The largest absolute Gasteiger partial charge is 0.357 e. The first-order chi connectivity index (χ1) is 11.8. The van der Waals surface area contributed by atoms with Crippen molar-refractivity contribution in [3.63, 3.8) is 0 Å². The van der Waals surface area contributed by atoms with Gasteiger partial charge in [0.05, 0.1) is 6.04 Å². The second-order valence-electron chi connectivity index (χ2n) is 6.11. The van der Waals surface area contributed by atoms with E-state index in [2.05, 4.69) is 63.5 Å². The van der Waals surface area contributed by atoms with Crippen LogP contribution in [-0.2, 0) is 19.5 Å². The van der Waals surface area contributed by atoms with Crippen LogP contribution in [0.3, 0.4) is 0 Å². The molecule has 0 amide bonds. The SMILES string of the molecule is CCNC(=NCc1nnc2n1CCCC2)NC(C)c1ccccc1.I. The summed E-state index contributed by atoms with van der Waals surface area (Å²) in [7, 11) is 0. The summed E-state index contributed by atoms with van der Waals surface area (Å²) in [5.74, 6) is 2.86. The minimum absolute atomic E-state index is 0. The molecule has 3 rings (SSSR count). The van der Waals surface area contributed by atoms with Crippen LogP contribution in [0.2, 0.25) is 0 Å². The summed E-state index contributed by atoms with van der Waals surface area (Å²) in [5.41, 5.74) is 1.24. The van der Waals surface area contributed by atoms with Gasteiger partial charge < -0.3 is 15.2 Å². The Morgan fingerprint density at radius 2 is 2.04 bits per heavy atom. The Morgan fingerprint density at radius 3 is 2.80 bits per heavy atom. The number of benzene rings is 1. The summed E-state index contributed by atoms with van der Waals surface area (Å²) in [4.78, 5) is 4.70. The molecule has 136 valence electrons. The highest BCUT2D eigenvalue weighted by molar-refractivity contribution is 14.0. The van der Waals surface area contributed by atoms with Gasteiger partial charge in [0.2, 0.25) is 0 Å². The lowest BCUT2D eigenvalue weighted by atomic mass is 10.1. The summed E-state index contributed by atoms with van der Waals surface area (Å²) in [5, 5.41) is 15.4. The second-order valence-corrected chi connectivity index (χ2v) is 6.11. The molecule has 0 bridgehead atoms. The molecule has 1 unspecified atom stereocenters. The van der Waals surface area contributed by atoms with Crippen LogP contribution in [-0.4, -0.2) is 27.3 Å². The molecule has 25 heavy (non-hydrogen) atoms. The molecule has 0 saturated carbocycles. The predicted molar refractivity (Wildman–Crippen MR) is 111 cm³/mol. The van der Waals surface area contributed by atoms with E-state index >= 15 is 0 Å². The summed E-state index contributed by atoms with van der Waals surface area (Å²) >= 11 is 0. The molecule has 1 aromatic carbocycles. The van der Waals surface area contributed by atoms with E-state index in [0.29, 0.717) is 6.54 Å². The first kappa shape index (κ1) is 19.7. The van der Waals surface area contributed by atoms with Gasteiger partial charge in [0.1, 0.15) is 12.4 Å². The van der Waals surface area contributed by atoms with Crippen LogP contribution in [0.1, 0.15) is 49.9 Å². The van der Waals surface area contributed by atoms with Gasteiger partial charge in [0, 0.05) is 19.5 Å². The first-order valence-electron chi connectivity index (χ1n) is 8.78. The summed E-state index contributed by atoms with van der Waals surface area (Å²) in [6, 6.07) is 10.6. The smallest absolute Gasteiger partial charge is 0.192 e. The lowest BCUT2D eigenvalue weighted by Crippen LogP contribution is -2.38. The van der Waals surface area contributed by atoms with Crippen molar-refractivity contribution < 1.29 is 0 Å². The maximum atomic E-state index is 4.70. The molecule has 1 atom stereocenters. The number of aryl methyl sites for hydroxylation is 1. The van der Waals surface area contributed by atoms with Crippen molar-refractivity contribution in [1.82, 2.24) is 25.4 Å². The molecule has 2 N–H and O–H groups in total. The van der Waals surface area contributed by atoms with Gasteiger partial charge in [0.15, 0.2) is 11.8 Å². The van der Waals surface area contributed by atoms with Crippen molar-refractivity contribution in [3.8, 4) is 0 Å². The predicted octanol–water partition coefficient (Wildman–Crippen LogP) is 3.05. The van der Waals surface area contributed by atoms with Crippen LogP contribution >= 0.6 is 24.0 Å². The van der Waals surface area contributed by atoms with Gasteiger partial charge >= 0.3 is 0 Å². The zero-order chi connectivity index (χ0) is 16.8. The van der Waals surface area contributed by atoms with Gasteiger partial charge in [-0.1, -0.05) is 30.3 Å². The number of hydrogen-bond donors (Lipinski definition) is 2. The number of nitrogens with zero attached hydrogens (tertiary/aromatic N) is 4.